The Morgan fingerprint density at radius 3 is 2.23 bits per heavy atom. The standard InChI is InChI=1S/C31H39Cl2N7O4/c1-5-6-7-8-23(41)19-39-13-15-40(16-14-39)22-11-9-21(10-12-22)36-26-18-27(35-20-34-26)38(2)31(42)37-30-28(32)24(43-3)17-25(44-4)29(30)33/h9-12,17-18,20H,5-8,13-16,19H2,1-4H3,(H,37,42)(H,34,35,36). The van der Waals surface area contributed by atoms with Crippen LogP contribution in [0.3, 0.4) is 0 Å². The van der Waals surface area contributed by atoms with E-state index < -0.39 is 6.03 Å². The lowest BCUT2D eigenvalue weighted by Crippen LogP contribution is -2.48. The number of Topliss-reactive ketones (excluding diaryl/α,β-unsaturated/α-hetero) is 1. The zero-order valence-corrected chi connectivity index (χ0v) is 27.0. The highest BCUT2D eigenvalue weighted by Crippen LogP contribution is 2.44. The van der Waals surface area contributed by atoms with Gasteiger partial charge < -0.3 is 25.0 Å². The summed E-state index contributed by atoms with van der Waals surface area (Å²) in [5, 5.41) is 6.26. The zero-order valence-electron chi connectivity index (χ0n) is 25.5. The maximum absolute atomic E-state index is 13.1. The molecule has 2 heterocycles. The highest BCUT2D eigenvalue weighted by molar-refractivity contribution is 6.41. The second-order valence-electron chi connectivity index (χ2n) is 10.5. The molecule has 1 aromatic heterocycles. The van der Waals surface area contributed by atoms with Gasteiger partial charge in [0.1, 0.15) is 45.3 Å². The fourth-order valence-corrected chi connectivity index (χ4v) is 5.45. The zero-order chi connectivity index (χ0) is 31.6. The molecular formula is C31H39Cl2N7O4. The van der Waals surface area contributed by atoms with Gasteiger partial charge in [0.15, 0.2) is 0 Å². The smallest absolute Gasteiger partial charge is 0.327 e. The summed E-state index contributed by atoms with van der Waals surface area (Å²) in [5.41, 5.74) is 2.12. The molecule has 0 aliphatic carbocycles. The molecule has 0 spiro atoms. The number of nitrogens with zero attached hydrogens (tertiary/aromatic N) is 5. The Kier molecular flexibility index (Phi) is 11.9. The normalized spacial score (nSPS) is 13.4. The van der Waals surface area contributed by atoms with Gasteiger partial charge in [-0.05, 0) is 30.7 Å². The van der Waals surface area contributed by atoms with E-state index in [-0.39, 0.29) is 15.7 Å². The Labute approximate surface area is 268 Å². The number of piperazine rings is 1. The van der Waals surface area contributed by atoms with Gasteiger partial charge in [-0.25, -0.2) is 14.8 Å². The molecule has 11 nitrogen and oxygen atoms in total. The second kappa shape index (κ2) is 15.8. The number of nitrogens with one attached hydrogen (secondary N) is 2. The van der Waals surface area contributed by atoms with Crippen LogP contribution >= 0.6 is 23.2 Å². The van der Waals surface area contributed by atoms with Crippen LogP contribution in [0, 0.1) is 0 Å². The lowest BCUT2D eigenvalue weighted by Gasteiger charge is -2.35. The van der Waals surface area contributed by atoms with Crippen LogP contribution in [-0.2, 0) is 4.79 Å². The lowest BCUT2D eigenvalue weighted by atomic mass is 10.1. The fraction of sp³-hybridized carbons (Fsp3) is 0.419. The molecule has 0 unspecified atom stereocenters. The van der Waals surface area contributed by atoms with E-state index in [1.165, 1.54) is 25.4 Å². The van der Waals surface area contributed by atoms with Crippen molar-refractivity contribution in [3.8, 4) is 11.5 Å². The largest absolute Gasteiger partial charge is 0.495 e. The Balaban J connectivity index is 1.34. The van der Waals surface area contributed by atoms with Crippen LogP contribution in [0.1, 0.15) is 32.6 Å². The van der Waals surface area contributed by atoms with Gasteiger partial charge in [0.25, 0.3) is 0 Å². The van der Waals surface area contributed by atoms with Crippen LogP contribution in [0.15, 0.2) is 42.7 Å². The first kappa shape index (κ1) is 33.1. The summed E-state index contributed by atoms with van der Waals surface area (Å²) in [6.45, 7) is 6.19. The summed E-state index contributed by atoms with van der Waals surface area (Å²) >= 11 is 12.8. The molecule has 1 aliphatic heterocycles. The molecule has 0 saturated carbocycles. The highest BCUT2D eigenvalue weighted by Gasteiger charge is 2.22. The summed E-state index contributed by atoms with van der Waals surface area (Å²) in [5.74, 6) is 1.81. The van der Waals surface area contributed by atoms with Crippen LogP contribution < -0.4 is 29.9 Å². The topological polar surface area (TPSA) is 112 Å². The third kappa shape index (κ3) is 8.43. The van der Waals surface area contributed by atoms with E-state index in [9.17, 15) is 9.59 Å². The number of methoxy groups -OCH3 is 2. The van der Waals surface area contributed by atoms with Crippen LogP contribution in [-0.4, -0.2) is 80.7 Å². The molecule has 0 bridgehead atoms. The van der Waals surface area contributed by atoms with E-state index in [0.717, 1.165) is 56.8 Å². The number of rotatable bonds is 13. The first-order valence-electron chi connectivity index (χ1n) is 14.6. The molecule has 0 radical (unpaired) electrons. The van der Waals surface area contributed by atoms with Gasteiger partial charge in [-0.3, -0.25) is 14.6 Å². The third-order valence-corrected chi connectivity index (χ3v) is 8.19. The molecule has 1 fully saturated rings. The average Bonchev–Trinajstić information content (AvgIpc) is 3.04. The number of carbonyl (C=O) groups excluding carboxylic acids is 2. The van der Waals surface area contributed by atoms with E-state index in [4.69, 9.17) is 32.7 Å². The molecule has 3 aromatic rings. The molecule has 1 saturated heterocycles. The van der Waals surface area contributed by atoms with Crippen LogP contribution in [0.4, 0.5) is 33.5 Å². The van der Waals surface area contributed by atoms with Crippen molar-refractivity contribution in [3.63, 3.8) is 0 Å². The lowest BCUT2D eigenvalue weighted by molar-refractivity contribution is -0.120. The number of aromatic nitrogens is 2. The number of hydrogen-bond acceptors (Lipinski definition) is 9. The van der Waals surface area contributed by atoms with Gasteiger partial charge in [0.05, 0.1) is 26.5 Å². The highest BCUT2D eigenvalue weighted by atomic mass is 35.5. The van der Waals surface area contributed by atoms with E-state index >= 15 is 0 Å². The average molecular weight is 645 g/mol. The molecule has 0 atom stereocenters. The molecule has 236 valence electrons. The molecule has 13 heteroatoms. The van der Waals surface area contributed by atoms with Gasteiger partial charge in [-0.1, -0.05) is 43.0 Å². The minimum Gasteiger partial charge on any atom is -0.495 e. The van der Waals surface area contributed by atoms with Crippen molar-refractivity contribution in [2.75, 3.05) is 74.4 Å². The first-order valence-corrected chi connectivity index (χ1v) is 15.3. The number of urea groups is 1. The number of ether oxygens (including phenoxy) is 2. The molecule has 2 amide bonds. The Bertz CT molecular complexity index is 1410. The van der Waals surface area contributed by atoms with E-state index in [1.54, 1.807) is 19.2 Å². The predicted octanol–water partition coefficient (Wildman–Crippen LogP) is 6.48. The molecule has 2 N–H and O–H groups in total. The minimum absolute atomic E-state index is 0.142. The fourth-order valence-electron chi connectivity index (χ4n) is 4.86. The van der Waals surface area contributed by atoms with Gasteiger partial charge in [-0.2, -0.15) is 0 Å². The number of ketones is 1. The molecule has 1 aliphatic rings. The number of unbranched alkanes of at least 4 members (excludes halogenated alkanes) is 2. The van der Waals surface area contributed by atoms with Crippen molar-refractivity contribution in [3.05, 3.63) is 52.8 Å². The van der Waals surface area contributed by atoms with Crippen molar-refractivity contribution in [2.45, 2.75) is 32.6 Å². The van der Waals surface area contributed by atoms with Gasteiger partial charge in [-0.15, -0.1) is 0 Å². The Morgan fingerprint density at radius 2 is 1.61 bits per heavy atom. The Morgan fingerprint density at radius 1 is 0.955 bits per heavy atom. The number of benzene rings is 2. The summed E-state index contributed by atoms with van der Waals surface area (Å²) < 4.78 is 10.5. The van der Waals surface area contributed by atoms with Gasteiger partial charge in [0, 0.05) is 63.2 Å². The molecule has 44 heavy (non-hydrogen) atoms. The third-order valence-electron chi connectivity index (χ3n) is 7.44. The summed E-state index contributed by atoms with van der Waals surface area (Å²) in [6, 6.07) is 10.8. The summed E-state index contributed by atoms with van der Waals surface area (Å²) in [4.78, 5) is 39.8. The number of hydrogen-bond donors (Lipinski definition) is 2. The van der Waals surface area contributed by atoms with E-state index in [1.807, 2.05) is 12.1 Å². The minimum atomic E-state index is -0.529. The predicted molar refractivity (Wildman–Crippen MR) is 177 cm³/mol. The number of halogens is 2. The van der Waals surface area contributed by atoms with Crippen LogP contribution in [0.25, 0.3) is 0 Å². The van der Waals surface area contributed by atoms with Crippen molar-refractivity contribution < 1.29 is 19.1 Å². The second-order valence-corrected chi connectivity index (χ2v) is 11.2. The Hall–Kier alpha value is -3.80. The molecular weight excluding hydrogens is 605 g/mol. The van der Waals surface area contributed by atoms with Crippen LogP contribution in [0.2, 0.25) is 10.0 Å². The van der Waals surface area contributed by atoms with Crippen molar-refractivity contribution >= 4 is 63.7 Å². The summed E-state index contributed by atoms with van der Waals surface area (Å²) in [7, 11) is 4.48. The van der Waals surface area contributed by atoms with Crippen molar-refractivity contribution in [1.29, 1.82) is 0 Å². The van der Waals surface area contributed by atoms with Crippen LogP contribution in [0.5, 0.6) is 11.5 Å². The monoisotopic (exact) mass is 643 g/mol. The van der Waals surface area contributed by atoms with E-state index in [0.29, 0.717) is 41.9 Å². The van der Waals surface area contributed by atoms with Gasteiger partial charge >= 0.3 is 6.03 Å². The number of amides is 2. The molecule has 2 aromatic carbocycles. The summed E-state index contributed by atoms with van der Waals surface area (Å²) in [6.07, 6.45) is 5.29. The quantitative estimate of drug-likeness (QED) is 0.202. The van der Waals surface area contributed by atoms with E-state index in [2.05, 4.69) is 49.5 Å². The maximum atomic E-state index is 13.1. The number of anilines is 5. The first-order chi connectivity index (χ1) is 21.2. The van der Waals surface area contributed by atoms with Gasteiger partial charge in [0.2, 0.25) is 0 Å². The molecule has 4 rings (SSSR count). The number of carbonyl (C=O) groups is 2. The van der Waals surface area contributed by atoms with Crippen molar-refractivity contribution in [1.82, 2.24) is 14.9 Å². The maximum Gasteiger partial charge on any atom is 0.327 e. The van der Waals surface area contributed by atoms with Crippen molar-refractivity contribution in [2.24, 2.45) is 0 Å². The SMILES string of the molecule is CCCCCC(=O)CN1CCN(c2ccc(Nc3cc(N(C)C(=O)Nc4c(Cl)c(OC)cc(OC)c4Cl)ncn3)cc2)CC1.